The zero-order valence-corrected chi connectivity index (χ0v) is 19.9. The van der Waals surface area contributed by atoms with E-state index < -0.39 is 0 Å². The van der Waals surface area contributed by atoms with Crippen LogP contribution in [-0.4, -0.2) is 55.3 Å². The Morgan fingerprint density at radius 2 is 1.97 bits per heavy atom. The smallest absolute Gasteiger partial charge is 0.270 e. The third-order valence-electron chi connectivity index (χ3n) is 5.59. The van der Waals surface area contributed by atoms with Crippen LogP contribution in [0.1, 0.15) is 30.7 Å². The van der Waals surface area contributed by atoms with Crippen LogP contribution in [0.3, 0.4) is 0 Å². The minimum Gasteiger partial charge on any atom is -0.348 e. The summed E-state index contributed by atoms with van der Waals surface area (Å²) in [7, 11) is 0. The number of thiazole rings is 1. The fourth-order valence-electron chi connectivity index (χ4n) is 3.90. The lowest BCUT2D eigenvalue weighted by atomic mass is 10.1. The summed E-state index contributed by atoms with van der Waals surface area (Å²) in [6.45, 7) is 4.97. The van der Waals surface area contributed by atoms with E-state index in [1.54, 1.807) is 22.4 Å². The number of aryl methyl sites for hydroxylation is 2. The first kappa shape index (κ1) is 21.7. The number of fused-ring (bicyclic) bond motifs is 1. The van der Waals surface area contributed by atoms with Crippen molar-refractivity contribution in [3.05, 3.63) is 76.0 Å². The molecule has 3 aromatic heterocycles. The second-order valence-electron chi connectivity index (χ2n) is 7.88. The quantitative estimate of drug-likeness (QED) is 0.470. The van der Waals surface area contributed by atoms with Crippen molar-refractivity contribution in [2.75, 3.05) is 18.8 Å². The summed E-state index contributed by atoms with van der Waals surface area (Å²) in [5.41, 5.74) is 4.03. The molecule has 33 heavy (non-hydrogen) atoms. The molecule has 9 heteroatoms. The predicted molar refractivity (Wildman–Crippen MR) is 132 cm³/mol. The maximum atomic E-state index is 13.5. The SMILES string of the molecule is Cc1ccc(-c2nc(C)sc2C(=O)N2CCSC2CNC(=O)c2cnc3ccccn23)cc1. The average Bonchev–Trinajstić information content (AvgIpc) is 3.55. The fourth-order valence-corrected chi connectivity index (χ4v) is 5.96. The minimum atomic E-state index is -0.206. The molecule has 5 rings (SSSR count). The summed E-state index contributed by atoms with van der Waals surface area (Å²) in [5.74, 6) is 0.595. The Balaban J connectivity index is 1.32. The van der Waals surface area contributed by atoms with Crippen molar-refractivity contribution in [1.82, 2.24) is 24.6 Å². The summed E-state index contributed by atoms with van der Waals surface area (Å²) in [6, 6.07) is 13.7. The van der Waals surface area contributed by atoms with Crippen molar-refractivity contribution >= 4 is 40.6 Å². The highest BCUT2D eigenvalue weighted by atomic mass is 32.2. The minimum absolute atomic E-state index is 0.0322. The van der Waals surface area contributed by atoms with E-state index in [4.69, 9.17) is 0 Å². The third-order valence-corrected chi connectivity index (χ3v) is 7.77. The first-order chi connectivity index (χ1) is 16.0. The lowest BCUT2D eigenvalue weighted by Crippen LogP contribution is -2.42. The maximum absolute atomic E-state index is 13.5. The molecular weight excluding hydrogens is 454 g/mol. The Hall–Kier alpha value is -3.17. The molecule has 4 heterocycles. The molecule has 4 aromatic rings. The number of aromatic nitrogens is 3. The molecule has 1 aliphatic heterocycles. The molecule has 2 amide bonds. The first-order valence-corrected chi connectivity index (χ1v) is 12.5. The highest BCUT2D eigenvalue weighted by Crippen LogP contribution is 2.33. The number of thioether (sulfide) groups is 1. The maximum Gasteiger partial charge on any atom is 0.270 e. The molecular formula is C24H23N5O2S2. The Morgan fingerprint density at radius 1 is 1.15 bits per heavy atom. The van der Waals surface area contributed by atoms with Gasteiger partial charge in [0.05, 0.1) is 22.3 Å². The van der Waals surface area contributed by atoms with Gasteiger partial charge >= 0.3 is 0 Å². The topological polar surface area (TPSA) is 79.6 Å². The number of pyridine rings is 1. The molecule has 1 aromatic carbocycles. The average molecular weight is 478 g/mol. The van der Waals surface area contributed by atoms with Crippen LogP contribution in [-0.2, 0) is 0 Å². The molecule has 1 unspecified atom stereocenters. The standard InChI is InChI=1S/C24H23N5O2S2/c1-15-6-8-17(9-7-15)21-22(33-16(2)27-21)24(31)29-11-12-32-20(29)14-26-23(30)18-13-25-19-5-3-4-10-28(18)19/h3-10,13,20H,11-12,14H2,1-2H3,(H,26,30). The zero-order valence-electron chi connectivity index (χ0n) is 18.3. The van der Waals surface area contributed by atoms with E-state index in [1.165, 1.54) is 11.3 Å². The summed E-state index contributed by atoms with van der Waals surface area (Å²) >= 11 is 3.10. The van der Waals surface area contributed by atoms with Crippen molar-refractivity contribution in [3.8, 4) is 11.3 Å². The van der Waals surface area contributed by atoms with E-state index in [1.807, 2.05) is 67.4 Å². The van der Waals surface area contributed by atoms with E-state index in [9.17, 15) is 9.59 Å². The Bertz CT molecular complexity index is 1330. The number of rotatable bonds is 5. The van der Waals surface area contributed by atoms with E-state index in [0.717, 1.165) is 33.2 Å². The van der Waals surface area contributed by atoms with Crippen molar-refractivity contribution in [1.29, 1.82) is 0 Å². The Labute approximate surface area is 199 Å². The molecule has 1 fully saturated rings. The van der Waals surface area contributed by atoms with Crippen LogP contribution in [0.4, 0.5) is 0 Å². The lowest BCUT2D eigenvalue weighted by Gasteiger charge is -2.24. The third kappa shape index (κ3) is 4.26. The molecule has 168 valence electrons. The number of amides is 2. The first-order valence-electron chi connectivity index (χ1n) is 10.7. The van der Waals surface area contributed by atoms with E-state index in [0.29, 0.717) is 23.7 Å². The number of nitrogens with zero attached hydrogens (tertiary/aromatic N) is 4. The summed E-state index contributed by atoms with van der Waals surface area (Å²) in [4.78, 5) is 37.8. The molecule has 0 spiro atoms. The molecule has 1 atom stereocenters. The molecule has 0 saturated carbocycles. The number of benzene rings is 1. The second-order valence-corrected chi connectivity index (χ2v) is 10.4. The molecule has 7 nitrogen and oxygen atoms in total. The molecule has 0 bridgehead atoms. The van der Waals surface area contributed by atoms with Crippen LogP contribution in [0.25, 0.3) is 16.9 Å². The van der Waals surface area contributed by atoms with Crippen LogP contribution in [0, 0.1) is 13.8 Å². The van der Waals surface area contributed by atoms with Crippen molar-refractivity contribution in [2.24, 2.45) is 0 Å². The van der Waals surface area contributed by atoms with Gasteiger partial charge in [-0.3, -0.25) is 14.0 Å². The van der Waals surface area contributed by atoms with Gasteiger partial charge in [0, 0.05) is 30.6 Å². The van der Waals surface area contributed by atoms with Crippen LogP contribution in [0.2, 0.25) is 0 Å². The zero-order chi connectivity index (χ0) is 22.9. The number of carbonyl (C=O) groups is 2. The van der Waals surface area contributed by atoms with Gasteiger partial charge in [0.15, 0.2) is 0 Å². The number of imidazole rings is 1. The van der Waals surface area contributed by atoms with Gasteiger partial charge < -0.3 is 10.2 Å². The van der Waals surface area contributed by atoms with Gasteiger partial charge in [0.2, 0.25) is 0 Å². The Morgan fingerprint density at radius 3 is 2.79 bits per heavy atom. The molecule has 0 radical (unpaired) electrons. The van der Waals surface area contributed by atoms with Gasteiger partial charge in [-0.2, -0.15) is 0 Å². The van der Waals surface area contributed by atoms with Gasteiger partial charge in [0.1, 0.15) is 16.2 Å². The normalized spacial score (nSPS) is 15.8. The van der Waals surface area contributed by atoms with Crippen LogP contribution in [0.5, 0.6) is 0 Å². The largest absolute Gasteiger partial charge is 0.348 e. The van der Waals surface area contributed by atoms with Gasteiger partial charge in [0.25, 0.3) is 11.8 Å². The van der Waals surface area contributed by atoms with Gasteiger partial charge in [-0.15, -0.1) is 23.1 Å². The molecule has 1 aliphatic rings. The van der Waals surface area contributed by atoms with E-state index in [2.05, 4.69) is 15.3 Å². The molecule has 0 aliphatic carbocycles. The van der Waals surface area contributed by atoms with E-state index in [-0.39, 0.29) is 17.2 Å². The van der Waals surface area contributed by atoms with Crippen LogP contribution >= 0.6 is 23.1 Å². The van der Waals surface area contributed by atoms with Crippen molar-refractivity contribution in [3.63, 3.8) is 0 Å². The fraction of sp³-hybridized carbons (Fsp3) is 0.250. The summed E-state index contributed by atoms with van der Waals surface area (Å²) in [5, 5.41) is 3.72. The number of nitrogens with one attached hydrogen (secondary N) is 1. The molecule has 1 saturated heterocycles. The monoisotopic (exact) mass is 477 g/mol. The second kappa shape index (κ2) is 8.99. The number of carbonyl (C=O) groups excluding carboxylic acids is 2. The highest BCUT2D eigenvalue weighted by Gasteiger charge is 2.33. The van der Waals surface area contributed by atoms with Gasteiger partial charge in [-0.1, -0.05) is 35.9 Å². The Kier molecular flexibility index (Phi) is 5.90. The lowest BCUT2D eigenvalue weighted by molar-refractivity contribution is 0.0756. The highest BCUT2D eigenvalue weighted by molar-refractivity contribution is 8.00. The van der Waals surface area contributed by atoms with Gasteiger partial charge in [-0.05, 0) is 26.0 Å². The summed E-state index contributed by atoms with van der Waals surface area (Å²) < 4.78 is 1.76. The molecule has 1 N–H and O–H groups in total. The predicted octanol–water partition coefficient (Wildman–Crippen LogP) is 4.02. The number of hydrogen-bond acceptors (Lipinski definition) is 6. The van der Waals surface area contributed by atoms with Crippen LogP contribution in [0.15, 0.2) is 54.9 Å². The van der Waals surface area contributed by atoms with E-state index >= 15 is 0 Å². The summed E-state index contributed by atoms with van der Waals surface area (Å²) in [6.07, 6.45) is 3.39. The number of hydrogen-bond donors (Lipinski definition) is 1. The van der Waals surface area contributed by atoms with Gasteiger partial charge in [-0.25, -0.2) is 9.97 Å². The van der Waals surface area contributed by atoms with Crippen LogP contribution < -0.4 is 5.32 Å². The van der Waals surface area contributed by atoms with Crippen molar-refractivity contribution in [2.45, 2.75) is 19.2 Å². The van der Waals surface area contributed by atoms with Crippen molar-refractivity contribution < 1.29 is 9.59 Å².